The molecule has 0 bridgehead atoms. The molecule has 0 aliphatic carbocycles. The first-order valence-corrected chi connectivity index (χ1v) is 4.75. The Bertz CT molecular complexity index is 236. The predicted octanol–water partition coefficient (Wildman–Crippen LogP) is 1.46. The lowest BCUT2D eigenvalue weighted by atomic mass is 9.99. The van der Waals surface area contributed by atoms with Crippen LogP contribution in [-0.2, 0) is 4.74 Å². The molecule has 3 N–H and O–H groups in total. The molecular formula is C10H18N2O2. The number of methoxy groups -OCH3 is 1. The van der Waals surface area contributed by atoms with Crippen LogP contribution in [0, 0.1) is 5.92 Å². The maximum atomic E-state index is 5.48. The van der Waals surface area contributed by atoms with Crippen LogP contribution in [0.2, 0.25) is 0 Å². The summed E-state index contributed by atoms with van der Waals surface area (Å²) in [4.78, 5) is 0. The van der Waals surface area contributed by atoms with E-state index >= 15 is 0 Å². The number of furan rings is 1. The van der Waals surface area contributed by atoms with Crippen molar-refractivity contribution in [3.63, 3.8) is 0 Å². The first-order valence-electron chi connectivity index (χ1n) is 4.75. The highest BCUT2D eigenvalue weighted by molar-refractivity contribution is 5.11. The van der Waals surface area contributed by atoms with E-state index < -0.39 is 0 Å². The molecule has 1 aromatic heterocycles. The lowest BCUT2D eigenvalue weighted by Gasteiger charge is -2.18. The Morgan fingerprint density at radius 2 is 2.43 bits per heavy atom. The molecule has 4 nitrogen and oxygen atoms in total. The van der Waals surface area contributed by atoms with Crippen LogP contribution in [0.5, 0.6) is 0 Å². The van der Waals surface area contributed by atoms with E-state index in [1.165, 1.54) is 0 Å². The van der Waals surface area contributed by atoms with Gasteiger partial charge in [-0.1, -0.05) is 6.92 Å². The van der Waals surface area contributed by atoms with Gasteiger partial charge in [-0.2, -0.15) is 0 Å². The van der Waals surface area contributed by atoms with Crippen LogP contribution in [0.3, 0.4) is 0 Å². The molecule has 2 atom stereocenters. The number of hydrogen-bond acceptors (Lipinski definition) is 4. The van der Waals surface area contributed by atoms with Gasteiger partial charge in [-0.15, -0.1) is 0 Å². The van der Waals surface area contributed by atoms with E-state index in [9.17, 15) is 0 Å². The summed E-state index contributed by atoms with van der Waals surface area (Å²) in [6.45, 7) is 2.88. The summed E-state index contributed by atoms with van der Waals surface area (Å²) >= 11 is 0. The third-order valence-electron chi connectivity index (χ3n) is 2.24. The normalized spacial score (nSPS) is 15.4. The minimum absolute atomic E-state index is 0.138. The smallest absolute Gasteiger partial charge is 0.0950 e. The summed E-state index contributed by atoms with van der Waals surface area (Å²) in [5, 5.41) is 0. The van der Waals surface area contributed by atoms with Gasteiger partial charge >= 0.3 is 0 Å². The fourth-order valence-electron chi connectivity index (χ4n) is 1.53. The van der Waals surface area contributed by atoms with Gasteiger partial charge in [0.15, 0.2) is 0 Å². The van der Waals surface area contributed by atoms with Crippen molar-refractivity contribution in [3.05, 3.63) is 24.2 Å². The zero-order chi connectivity index (χ0) is 10.4. The van der Waals surface area contributed by atoms with Crippen molar-refractivity contribution < 1.29 is 9.15 Å². The van der Waals surface area contributed by atoms with Gasteiger partial charge < -0.3 is 9.15 Å². The Balaban J connectivity index is 2.47. The minimum atomic E-state index is 0.138. The number of nitrogens with one attached hydrogen (secondary N) is 1. The number of hydrogen-bond donors (Lipinski definition) is 2. The monoisotopic (exact) mass is 198 g/mol. The molecule has 0 aliphatic rings. The number of nitrogens with two attached hydrogens (primary N) is 1. The standard InChI is InChI=1S/C10H18N2O2/c1-8(6-13-2)5-10(12-11)9-3-4-14-7-9/h3-4,7-8,10,12H,5-6,11H2,1-2H3. The summed E-state index contributed by atoms with van der Waals surface area (Å²) in [6.07, 6.45) is 4.30. The Morgan fingerprint density at radius 1 is 1.64 bits per heavy atom. The van der Waals surface area contributed by atoms with E-state index in [1.807, 2.05) is 6.07 Å². The average Bonchev–Trinajstić information content (AvgIpc) is 2.67. The summed E-state index contributed by atoms with van der Waals surface area (Å²) in [7, 11) is 1.71. The Morgan fingerprint density at radius 3 is 2.93 bits per heavy atom. The Hall–Kier alpha value is -0.840. The zero-order valence-electron chi connectivity index (χ0n) is 8.69. The van der Waals surface area contributed by atoms with E-state index in [4.69, 9.17) is 15.0 Å². The summed E-state index contributed by atoms with van der Waals surface area (Å²) in [5.41, 5.74) is 3.86. The molecule has 0 fully saturated rings. The van der Waals surface area contributed by atoms with Gasteiger partial charge in [0.1, 0.15) is 0 Å². The van der Waals surface area contributed by atoms with Gasteiger partial charge in [-0.25, -0.2) is 0 Å². The van der Waals surface area contributed by atoms with Crippen molar-refractivity contribution in [1.29, 1.82) is 0 Å². The van der Waals surface area contributed by atoms with E-state index in [0.29, 0.717) is 5.92 Å². The first-order chi connectivity index (χ1) is 6.77. The molecular weight excluding hydrogens is 180 g/mol. The molecule has 0 amide bonds. The van der Waals surface area contributed by atoms with Crippen molar-refractivity contribution >= 4 is 0 Å². The van der Waals surface area contributed by atoms with Gasteiger partial charge in [-0.05, 0) is 18.4 Å². The third-order valence-corrected chi connectivity index (χ3v) is 2.24. The lowest BCUT2D eigenvalue weighted by Crippen LogP contribution is -2.29. The summed E-state index contributed by atoms with van der Waals surface area (Å²) in [6, 6.07) is 2.06. The topological polar surface area (TPSA) is 60.4 Å². The molecule has 4 heteroatoms. The van der Waals surface area contributed by atoms with Gasteiger partial charge in [0.05, 0.1) is 12.5 Å². The third kappa shape index (κ3) is 3.14. The van der Waals surface area contributed by atoms with E-state index in [-0.39, 0.29) is 6.04 Å². The van der Waals surface area contributed by atoms with E-state index in [2.05, 4.69) is 12.3 Å². The number of ether oxygens (including phenoxy) is 1. The van der Waals surface area contributed by atoms with Crippen molar-refractivity contribution in [1.82, 2.24) is 5.43 Å². The van der Waals surface area contributed by atoms with Crippen molar-refractivity contribution in [3.8, 4) is 0 Å². The van der Waals surface area contributed by atoms with Gasteiger partial charge in [0, 0.05) is 25.3 Å². The van der Waals surface area contributed by atoms with Crippen LogP contribution >= 0.6 is 0 Å². The fraction of sp³-hybridized carbons (Fsp3) is 0.600. The second kappa shape index (κ2) is 5.80. The number of rotatable bonds is 6. The molecule has 0 aromatic carbocycles. The maximum absolute atomic E-state index is 5.48. The second-order valence-corrected chi connectivity index (χ2v) is 3.57. The predicted molar refractivity (Wildman–Crippen MR) is 54.4 cm³/mol. The zero-order valence-corrected chi connectivity index (χ0v) is 8.69. The van der Waals surface area contributed by atoms with Crippen LogP contribution in [0.15, 0.2) is 23.0 Å². The molecule has 1 rings (SSSR count). The summed E-state index contributed by atoms with van der Waals surface area (Å²) in [5.74, 6) is 5.94. The van der Waals surface area contributed by atoms with E-state index in [1.54, 1.807) is 19.6 Å². The van der Waals surface area contributed by atoms with Crippen molar-refractivity contribution in [2.45, 2.75) is 19.4 Å². The average molecular weight is 198 g/mol. The van der Waals surface area contributed by atoms with Crippen LogP contribution in [0.25, 0.3) is 0 Å². The first kappa shape index (κ1) is 11.2. The highest BCUT2D eigenvalue weighted by atomic mass is 16.5. The number of hydrazine groups is 1. The van der Waals surface area contributed by atoms with Crippen molar-refractivity contribution in [2.75, 3.05) is 13.7 Å². The van der Waals surface area contributed by atoms with Crippen LogP contribution in [-0.4, -0.2) is 13.7 Å². The van der Waals surface area contributed by atoms with Gasteiger partial charge in [0.25, 0.3) is 0 Å². The molecule has 2 unspecified atom stereocenters. The van der Waals surface area contributed by atoms with Crippen molar-refractivity contribution in [2.24, 2.45) is 11.8 Å². The molecule has 0 saturated carbocycles. The van der Waals surface area contributed by atoms with E-state index in [0.717, 1.165) is 18.6 Å². The molecule has 80 valence electrons. The van der Waals surface area contributed by atoms with Gasteiger partial charge in [-0.3, -0.25) is 11.3 Å². The van der Waals surface area contributed by atoms with Crippen LogP contribution < -0.4 is 11.3 Å². The molecule has 0 aliphatic heterocycles. The highest BCUT2D eigenvalue weighted by Crippen LogP contribution is 2.20. The molecule has 0 spiro atoms. The van der Waals surface area contributed by atoms with Crippen LogP contribution in [0.4, 0.5) is 0 Å². The second-order valence-electron chi connectivity index (χ2n) is 3.57. The quantitative estimate of drug-likeness (QED) is 0.536. The Kier molecular flexibility index (Phi) is 4.65. The minimum Gasteiger partial charge on any atom is -0.472 e. The molecule has 0 radical (unpaired) electrons. The van der Waals surface area contributed by atoms with Crippen LogP contribution in [0.1, 0.15) is 24.9 Å². The SMILES string of the molecule is COCC(C)CC(NN)c1ccoc1. The largest absolute Gasteiger partial charge is 0.472 e. The molecule has 1 heterocycles. The maximum Gasteiger partial charge on any atom is 0.0950 e. The molecule has 14 heavy (non-hydrogen) atoms. The van der Waals surface area contributed by atoms with Gasteiger partial charge in [0.2, 0.25) is 0 Å². The molecule has 0 saturated heterocycles. The Labute approximate surface area is 84.4 Å². The fourth-order valence-corrected chi connectivity index (χ4v) is 1.53. The highest BCUT2D eigenvalue weighted by Gasteiger charge is 2.14. The molecule has 1 aromatic rings. The summed E-state index contributed by atoms with van der Waals surface area (Å²) < 4.78 is 10.1. The lowest BCUT2D eigenvalue weighted by molar-refractivity contribution is 0.149.